The highest BCUT2D eigenvalue weighted by Crippen LogP contribution is 2.32. The maximum absolute atomic E-state index is 12.8. The van der Waals surface area contributed by atoms with E-state index in [-0.39, 0.29) is 18.0 Å². The van der Waals surface area contributed by atoms with Crippen LogP contribution in [0.5, 0.6) is 0 Å². The molecule has 5 nitrogen and oxygen atoms in total. The number of alkyl halides is 3. The second-order valence-electron chi connectivity index (χ2n) is 6.50. The van der Waals surface area contributed by atoms with Gasteiger partial charge in [0.25, 0.3) is 0 Å². The van der Waals surface area contributed by atoms with Gasteiger partial charge >= 0.3 is 6.18 Å². The quantitative estimate of drug-likeness (QED) is 0.755. The lowest BCUT2D eigenvalue weighted by Crippen LogP contribution is -2.41. The van der Waals surface area contributed by atoms with Crippen molar-refractivity contribution in [3.63, 3.8) is 0 Å². The van der Waals surface area contributed by atoms with Crippen LogP contribution in [0, 0.1) is 13.8 Å². The van der Waals surface area contributed by atoms with Gasteiger partial charge in [-0.1, -0.05) is 6.07 Å². The number of halogens is 3. The molecule has 2 amide bonds. The molecule has 0 aromatic heterocycles. The van der Waals surface area contributed by atoms with Crippen molar-refractivity contribution >= 4 is 28.9 Å². The van der Waals surface area contributed by atoms with E-state index in [0.717, 1.165) is 23.3 Å². The molecule has 1 heterocycles. The van der Waals surface area contributed by atoms with E-state index in [0.29, 0.717) is 11.4 Å². The Balaban J connectivity index is 1.69. The fourth-order valence-electron chi connectivity index (χ4n) is 2.83. The summed E-state index contributed by atoms with van der Waals surface area (Å²) in [4.78, 5) is 24.4. The fourth-order valence-corrected chi connectivity index (χ4v) is 2.83. The van der Waals surface area contributed by atoms with E-state index in [2.05, 4.69) is 16.0 Å². The Bertz CT molecular complexity index is 910. The summed E-state index contributed by atoms with van der Waals surface area (Å²) in [6.45, 7) is 3.86. The molecule has 27 heavy (non-hydrogen) atoms. The number of nitrogens with one attached hydrogen (secondary N) is 3. The van der Waals surface area contributed by atoms with Crippen molar-refractivity contribution in [2.75, 3.05) is 16.0 Å². The normalized spacial score (nSPS) is 16.2. The predicted octanol–water partition coefficient (Wildman–Crippen LogP) is 4.08. The average Bonchev–Trinajstić information content (AvgIpc) is 2.57. The molecule has 0 saturated carbocycles. The van der Waals surface area contributed by atoms with E-state index in [1.54, 1.807) is 0 Å². The van der Waals surface area contributed by atoms with Crippen molar-refractivity contribution in [3.8, 4) is 0 Å². The average molecular weight is 377 g/mol. The highest BCUT2D eigenvalue weighted by atomic mass is 19.4. The zero-order chi connectivity index (χ0) is 19.8. The number of anilines is 3. The lowest BCUT2D eigenvalue weighted by molar-refractivity contribution is -0.137. The Labute approximate surface area is 154 Å². The highest BCUT2D eigenvalue weighted by molar-refractivity contribution is 6.06. The third kappa shape index (κ3) is 4.21. The Morgan fingerprint density at radius 2 is 1.78 bits per heavy atom. The number of amides is 2. The van der Waals surface area contributed by atoms with Crippen LogP contribution in [0.2, 0.25) is 0 Å². The molecule has 0 unspecified atom stereocenters. The lowest BCUT2D eigenvalue weighted by Gasteiger charge is -2.27. The Hall–Kier alpha value is -3.03. The van der Waals surface area contributed by atoms with Gasteiger partial charge in [0.15, 0.2) is 0 Å². The molecule has 0 bridgehead atoms. The summed E-state index contributed by atoms with van der Waals surface area (Å²) in [6.07, 6.45) is -4.71. The summed E-state index contributed by atoms with van der Waals surface area (Å²) in [6, 6.07) is 7.26. The molecule has 0 radical (unpaired) electrons. The SMILES string of the molecule is Cc1cc2c(cc1C)N[C@H](CC(=O)Nc1cccc(C(F)(F)F)c1)C(=O)N2. The van der Waals surface area contributed by atoms with Crippen molar-refractivity contribution in [1.29, 1.82) is 0 Å². The minimum Gasteiger partial charge on any atom is -0.372 e. The molecule has 1 atom stereocenters. The minimum atomic E-state index is -4.49. The van der Waals surface area contributed by atoms with Gasteiger partial charge in [0, 0.05) is 5.69 Å². The molecular weight excluding hydrogens is 359 g/mol. The Morgan fingerprint density at radius 3 is 2.44 bits per heavy atom. The molecule has 3 N–H and O–H groups in total. The molecule has 0 spiro atoms. The number of carbonyl (C=O) groups is 2. The van der Waals surface area contributed by atoms with Crippen molar-refractivity contribution in [3.05, 3.63) is 53.1 Å². The molecule has 1 aliphatic rings. The number of aryl methyl sites for hydroxylation is 2. The third-order valence-electron chi connectivity index (χ3n) is 4.40. The van der Waals surface area contributed by atoms with Crippen LogP contribution in [0.15, 0.2) is 36.4 Å². The first-order chi connectivity index (χ1) is 12.6. The van der Waals surface area contributed by atoms with Crippen LogP contribution in [0.3, 0.4) is 0 Å². The van der Waals surface area contributed by atoms with E-state index in [9.17, 15) is 22.8 Å². The molecule has 1 aliphatic heterocycles. The number of carbonyl (C=O) groups excluding carboxylic acids is 2. The molecule has 0 fully saturated rings. The van der Waals surface area contributed by atoms with Crippen LogP contribution in [0.1, 0.15) is 23.1 Å². The van der Waals surface area contributed by atoms with Gasteiger partial charge < -0.3 is 16.0 Å². The van der Waals surface area contributed by atoms with Crippen LogP contribution in [0.4, 0.5) is 30.2 Å². The topological polar surface area (TPSA) is 70.2 Å². The van der Waals surface area contributed by atoms with Gasteiger partial charge in [-0.05, 0) is 55.3 Å². The van der Waals surface area contributed by atoms with E-state index in [4.69, 9.17) is 0 Å². The third-order valence-corrected chi connectivity index (χ3v) is 4.40. The number of hydrogen-bond acceptors (Lipinski definition) is 3. The molecule has 2 aromatic carbocycles. The first kappa shape index (κ1) is 18.8. The van der Waals surface area contributed by atoms with Gasteiger partial charge in [-0.15, -0.1) is 0 Å². The van der Waals surface area contributed by atoms with Gasteiger partial charge in [-0.2, -0.15) is 13.2 Å². The van der Waals surface area contributed by atoms with Crippen LogP contribution in [0.25, 0.3) is 0 Å². The summed E-state index contributed by atoms with van der Waals surface area (Å²) in [5, 5.41) is 8.17. The smallest absolute Gasteiger partial charge is 0.372 e. The zero-order valence-corrected chi connectivity index (χ0v) is 14.7. The van der Waals surface area contributed by atoms with E-state index < -0.39 is 23.7 Å². The van der Waals surface area contributed by atoms with Gasteiger partial charge in [-0.3, -0.25) is 9.59 Å². The summed E-state index contributed by atoms with van der Waals surface area (Å²) in [5.41, 5.74) is 2.57. The van der Waals surface area contributed by atoms with Crippen molar-refractivity contribution in [1.82, 2.24) is 0 Å². The molecule has 0 saturated heterocycles. The predicted molar refractivity (Wildman–Crippen MR) is 96.6 cm³/mol. The summed E-state index contributed by atoms with van der Waals surface area (Å²) in [5.74, 6) is -0.931. The van der Waals surface area contributed by atoms with Crippen molar-refractivity contribution in [2.24, 2.45) is 0 Å². The molecular formula is C19H18F3N3O2. The zero-order valence-electron chi connectivity index (χ0n) is 14.7. The molecule has 142 valence electrons. The maximum Gasteiger partial charge on any atom is 0.416 e. The number of rotatable bonds is 3. The van der Waals surface area contributed by atoms with Crippen LogP contribution in [-0.2, 0) is 15.8 Å². The standard InChI is InChI=1S/C19H18F3N3O2/c1-10-6-14-15(7-11(10)2)25-18(27)16(24-14)9-17(26)23-13-5-3-4-12(8-13)19(20,21)22/h3-8,16,24H,9H2,1-2H3,(H,23,26)(H,25,27)/t16-/m1/s1. The maximum atomic E-state index is 12.8. The van der Waals surface area contributed by atoms with E-state index >= 15 is 0 Å². The second-order valence-corrected chi connectivity index (χ2v) is 6.50. The van der Waals surface area contributed by atoms with Gasteiger partial charge in [0.1, 0.15) is 6.04 Å². The largest absolute Gasteiger partial charge is 0.416 e. The molecule has 8 heteroatoms. The summed E-state index contributed by atoms with van der Waals surface area (Å²) in [7, 11) is 0. The summed E-state index contributed by atoms with van der Waals surface area (Å²) < 4.78 is 38.3. The number of benzene rings is 2. The van der Waals surface area contributed by atoms with Crippen molar-refractivity contribution in [2.45, 2.75) is 32.5 Å². The Morgan fingerprint density at radius 1 is 1.11 bits per heavy atom. The number of fused-ring (bicyclic) bond motifs is 1. The molecule has 0 aliphatic carbocycles. The minimum absolute atomic E-state index is 0.0258. The highest BCUT2D eigenvalue weighted by Gasteiger charge is 2.31. The van der Waals surface area contributed by atoms with Gasteiger partial charge in [0.2, 0.25) is 11.8 Å². The van der Waals surface area contributed by atoms with Crippen molar-refractivity contribution < 1.29 is 22.8 Å². The fraction of sp³-hybridized carbons (Fsp3) is 0.263. The first-order valence-corrected chi connectivity index (χ1v) is 8.29. The van der Waals surface area contributed by atoms with E-state index in [1.165, 1.54) is 12.1 Å². The Kier molecular flexibility index (Phi) is 4.82. The monoisotopic (exact) mass is 377 g/mol. The van der Waals surface area contributed by atoms with Gasteiger partial charge in [0.05, 0.1) is 23.4 Å². The van der Waals surface area contributed by atoms with Crippen LogP contribution < -0.4 is 16.0 Å². The molecule has 3 rings (SSSR count). The van der Waals surface area contributed by atoms with E-state index in [1.807, 2.05) is 26.0 Å². The van der Waals surface area contributed by atoms with Crippen LogP contribution in [-0.4, -0.2) is 17.9 Å². The number of hydrogen-bond donors (Lipinski definition) is 3. The lowest BCUT2D eigenvalue weighted by atomic mass is 10.0. The first-order valence-electron chi connectivity index (χ1n) is 8.29. The second kappa shape index (κ2) is 6.94. The van der Waals surface area contributed by atoms with Gasteiger partial charge in [-0.25, -0.2) is 0 Å². The van der Waals surface area contributed by atoms with Crippen LogP contribution >= 0.6 is 0 Å². The summed E-state index contributed by atoms with van der Waals surface area (Å²) >= 11 is 0. The molecule has 2 aromatic rings.